The van der Waals surface area contributed by atoms with Crippen LogP contribution in [-0.4, -0.2) is 50.3 Å². The molecule has 1 atom stereocenters. The van der Waals surface area contributed by atoms with Gasteiger partial charge in [-0.3, -0.25) is 19.2 Å². The lowest BCUT2D eigenvalue weighted by Crippen LogP contribution is -2.32. The van der Waals surface area contributed by atoms with Crippen molar-refractivity contribution in [3.8, 4) is 0 Å². The number of nitrogens with two attached hydrogens (primary N) is 1. The first kappa shape index (κ1) is 22.1. The molecule has 0 aliphatic heterocycles. The Morgan fingerprint density at radius 3 is 1.16 bits per heavy atom. The lowest BCUT2D eigenvalue weighted by atomic mass is 10.2. The van der Waals surface area contributed by atoms with E-state index in [-0.39, 0.29) is 12.8 Å². The van der Waals surface area contributed by atoms with E-state index >= 15 is 0 Å². The summed E-state index contributed by atoms with van der Waals surface area (Å²) in [4.78, 5) is 38.4. The second-order valence-corrected chi connectivity index (χ2v) is 3.04. The summed E-state index contributed by atoms with van der Waals surface area (Å²) in [6.45, 7) is 3.20. The molecule has 0 saturated heterocycles. The van der Waals surface area contributed by atoms with Crippen molar-refractivity contribution >= 4 is 23.9 Å². The molecule has 0 radical (unpaired) electrons. The Labute approximate surface area is 109 Å². The molecule has 0 heterocycles. The van der Waals surface area contributed by atoms with Gasteiger partial charge in [-0.15, -0.1) is 0 Å². The van der Waals surface area contributed by atoms with E-state index in [1.807, 2.05) is 0 Å². The topological polar surface area (TPSA) is 175 Å². The van der Waals surface area contributed by atoms with Crippen LogP contribution in [0.5, 0.6) is 0 Å². The van der Waals surface area contributed by atoms with Crippen molar-refractivity contribution in [1.82, 2.24) is 0 Å². The number of hydrogen-bond donors (Lipinski definition) is 5. The molecular formula is C10H19NO8. The maximum absolute atomic E-state index is 9.85. The average molecular weight is 281 g/mol. The third-order valence-corrected chi connectivity index (χ3v) is 1.32. The van der Waals surface area contributed by atoms with Gasteiger partial charge in [0.25, 0.3) is 0 Å². The molecule has 0 aliphatic carbocycles. The fourth-order valence-electron chi connectivity index (χ4n) is 0.275. The van der Waals surface area contributed by atoms with Gasteiger partial charge in [0.1, 0.15) is 6.04 Å². The normalized spacial score (nSPS) is 9.84. The Kier molecular flexibility index (Phi) is 16.1. The molecule has 0 saturated carbocycles. The predicted octanol–water partition coefficient (Wildman–Crippen LogP) is -0.165. The molecule has 0 rings (SSSR count). The molecule has 0 aliphatic rings. The zero-order valence-corrected chi connectivity index (χ0v) is 10.7. The van der Waals surface area contributed by atoms with E-state index in [1.165, 1.54) is 0 Å². The number of carboxylic acid groups (broad SMARTS) is 4. The molecule has 0 spiro atoms. The third-order valence-electron chi connectivity index (χ3n) is 1.32. The van der Waals surface area contributed by atoms with Gasteiger partial charge in [-0.1, -0.05) is 13.8 Å². The smallest absolute Gasteiger partial charge is 0.321 e. The van der Waals surface area contributed by atoms with Crippen LogP contribution in [0.3, 0.4) is 0 Å². The molecule has 0 aromatic carbocycles. The minimum absolute atomic E-state index is 0.222. The Balaban J connectivity index is -0.000000219. The Bertz CT molecular complexity index is 288. The molecule has 0 bridgehead atoms. The van der Waals surface area contributed by atoms with E-state index in [2.05, 4.69) is 0 Å². The van der Waals surface area contributed by atoms with Gasteiger partial charge < -0.3 is 26.2 Å². The van der Waals surface area contributed by atoms with Gasteiger partial charge in [0.05, 0.1) is 6.42 Å². The van der Waals surface area contributed by atoms with E-state index in [4.69, 9.17) is 26.2 Å². The summed E-state index contributed by atoms with van der Waals surface area (Å²) in [5.41, 5.74) is 4.84. The van der Waals surface area contributed by atoms with Crippen molar-refractivity contribution in [1.29, 1.82) is 0 Å². The van der Waals surface area contributed by atoms with Gasteiger partial charge in [-0.05, 0) is 0 Å². The lowest BCUT2D eigenvalue weighted by molar-refractivity contribution is -0.144. The van der Waals surface area contributed by atoms with Gasteiger partial charge in [0.2, 0.25) is 0 Å². The Hall–Kier alpha value is -2.16. The molecule has 19 heavy (non-hydrogen) atoms. The molecule has 0 aromatic rings. The Morgan fingerprint density at radius 2 is 1.11 bits per heavy atom. The summed E-state index contributed by atoms with van der Waals surface area (Å²) in [5, 5.41) is 31.5. The SMILES string of the molecule is CCC(=O)O.CCC(=O)O.NC(CC(=O)O)C(=O)O. The summed E-state index contributed by atoms with van der Waals surface area (Å²) in [6, 6.07) is -1.29. The van der Waals surface area contributed by atoms with Crippen molar-refractivity contribution in [2.45, 2.75) is 39.2 Å². The fraction of sp³-hybridized carbons (Fsp3) is 0.600. The molecule has 0 fully saturated rings. The highest BCUT2D eigenvalue weighted by Crippen LogP contribution is 1.86. The number of rotatable bonds is 5. The molecule has 1 unspecified atom stereocenters. The van der Waals surface area contributed by atoms with Gasteiger partial charge in [0.15, 0.2) is 0 Å². The molecule has 9 nitrogen and oxygen atoms in total. The molecule has 0 aromatic heterocycles. The van der Waals surface area contributed by atoms with E-state index in [0.717, 1.165) is 0 Å². The maximum Gasteiger partial charge on any atom is 0.321 e. The van der Waals surface area contributed by atoms with Gasteiger partial charge in [-0.25, -0.2) is 0 Å². The standard InChI is InChI=1S/C4H7NO4.2C3H6O2/c5-2(4(8)9)1-3(6)7;2*1-2-3(4)5/h2H,1,5H2,(H,6,7)(H,8,9);2*2H2,1H3,(H,4,5). The maximum atomic E-state index is 9.85. The first-order valence-corrected chi connectivity index (χ1v) is 5.22. The van der Waals surface area contributed by atoms with Crippen LogP contribution in [0, 0.1) is 0 Å². The fourth-order valence-corrected chi connectivity index (χ4v) is 0.275. The number of carbonyl (C=O) groups is 4. The quantitative estimate of drug-likeness (QED) is 0.458. The van der Waals surface area contributed by atoms with Crippen molar-refractivity contribution in [3.05, 3.63) is 0 Å². The van der Waals surface area contributed by atoms with Gasteiger partial charge >= 0.3 is 23.9 Å². The van der Waals surface area contributed by atoms with Crippen LogP contribution in [0.15, 0.2) is 0 Å². The lowest BCUT2D eigenvalue weighted by Gasteiger charge is -1.99. The monoisotopic (exact) mass is 281 g/mol. The second kappa shape index (κ2) is 13.9. The highest BCUT2D eigenvalue weighted by Gasteiger charge is 2.14. The minimum Gasteiger partial charge on any atom is -0.481 e. The first-order valence-electron chi connectivity index (χ1n) is 5.22. The average Bonchev–Trinajstić information content (AvgIpc) is 2.29. The van der Waals surface area contributed by atoms with Crippen molar-refractivity contribution in [3.63, 3.8) is 0 Å². The second-order valence-electron chi connectivity index (χ2n) is 3.04. The van der Waals surface area contributed by atoms with Gasteiger partial charge in [0, 0.05) is 12.8 Å². The first-order chi connectivity index (χ1) is 8.58. The van der Waals surface area contributed by atoms with Crippen LogP contribution in [0.4, 0.5) is 0 Å². The summed E-state index contributed by atoms with van der Waals surface area (Å²) >= 11 is 0. The number of aliphatic carboxylic acids is 4. The molecule has 0 amide bonds. The van der Waals surface area contributed by atoms with E-state index in [9.17, 15) is 19.2 Å². The predicted molar refractivity (Wildman–Crippen MR) is 63.7 cm³/mol. The Morgan fingerprint density at radius 1 is 0.842 bits per heavy atom. The highest BCUT2D eigenvalue weighted by molar-refractivity contribution is 5.80. The molecule has 9 heteroatoms. The van der Waals surface area contributed by atoms with Crippen LogP contribution >= 0.6 is 0 Å². The largest absolute Gasteiger partial charge is 0.481 e. The molecule has 112 valence electrons. The summed E-state index contributed by atoms with van der Waals surface area (Å²) < 4.78 is 0. The summed E-state index contributed by atoms with van der Waals surface area (Å²) in [7, 11) is 0. The van der Waals surface area contributed by atoms with Crippen LogP contribution in [0.1, 0.15) is 33.1 Å². The molecule has 6 N–H and O–H groups in total. The van der Waals surface area contributed by atoms with Crippen molar-refractivity contribution < 1.29 is 39.6 Å². The van der Waals surface area contributed by atoms with Crippen LogP contribution in [0.2, 0.25) is 0 Å². The van der Waals surface area contributed by atoms with Crippen LogP contribution in [-0.2, 0) is 19.2 Å². The van der Waals surface area contributed by atoms with E-state index < -0.39 is 36.3 Å². The summed E-state index contributed by atoms with van der Waals surface area (Å²) in [5.74, 6) is -3.99. The third kappa shape index (κ3) is 31.3. The van der Waals surface area contributed by atoms with E-state index in [0.29, 0.717) is 0 Å². The molecular weight excluding hydrogens is 262 g/mol. The van der Waals surface area contributed by atoms with Gasteiger partial charge in [-0.2, -0.15) is 0 Å². The summed E-state index contributed by atoms with van der Waals surface area (Å²) in [6.07, 6.45) is -0.0880. The zero-order chi connectivity index (χ0) is 16.0. The van der Waals surface area contributed by atoms with Crippen LogP contribution < -0.4 is 5.73 Å². The highest BCUT2D eigenvalue weighted by atomic mass is 16.4. The zero-order valence-electron chi connectivity index (χ0n) is 10.7. The number of carboxylic acids is 4. The minimum atomic E-state index is -1.29. The van der Waals surface area contributed by atoms with Crippen molar-refractivity contribution in [2.24, 2.45) is 5.73 Å². The number of hydrogen-bond acceptors (Lipinski definition) is 5. The van der Waals surface area contributed by atoms with Crippen molar-refractivity contribution in [2.75, 3.05) is 0 Å². The van der Waals surface area contributed by atoms with E-state index in [1.54, 1.807) is 13.8 Å². The van der Waals surface area contributed by atoms with Crippen LogP contribution in [0.25, 0.3) is 0 Å².